The van der Waals surface area contributed by atoms with Gasteiger partial charge >= 0.3 is 0 Å². The number of halogens is 3. The van der Waals surface area contributed by atoms with Crippen LogP contribution in [0.5, 0.6) is 5.75 Å². The molecule has 0 radical (unpaired) electrons. The SMILES string of the molecule is COc1ccc(-c2cnc(C(=O)Nc3ccc(C(=O)NC4CN(C(=O)CN)C4)c(Cl)c3)[nH]2)c(F)c1F. The van der Waals surface area contributed by atoms with Gasteiger partial charge in [0.15, 0.2) is 17.4 Å². The molecule has 3 aromatic rings. The van der Waals surface area contributed by atoms with Crippen molar-refractivity contribution < 1.29 is 27.9 Å². The van der Waals surface area contributed by atoms with E-state index in [9.17, 15) is 23.2 Å². The first-order chi connectivity index (χ1) is 17.2. The van der Waals surface area contributed by atoms with Crippen LogP contribution >= 0.6 is 11.6 Å². The van der Waals surface area contributed by atoms with E-state index in [1.165, 1.54) is 48.5 Å². The fourth-order valence-electron chi connectivity index (χ4n) is 3.60. The molecule has 0 unspecified atom stereocenters. The lowest BCUT2D eigenvalue weighted by Crippen LogP contribution is -2.62. The highest BCUT2D eigenvalue weighted by atomic mass is 35.5. The molecule has 2 aromatic carbocycles. The zero-order valence-corrected chi connectivity index (χ0v) is 19.7. The normalized spacial score (nSPS) is 13.2. The Morgan fingerprint density at radius 2 is 1.94 bits per heavy atom. The summed E-state index contributed by atoms with van der Waals surface area (Å²) in [4.78, 5) is 44.7. The van der Waals surface area contributed by atoms with Crippen molar-refractivity contribution in [3.8, 4) is 17.0 Å². The Morgan fingerprint density at radius 1 is 1.19 bits per heavy atom. The number of imidazole rings is 1. The number of hydrogen-bond donors (Lipinski definition) is 4. The summed E-state index contributed by atoms with van der Waals surface area (Å²) in [6.45, 7) is 0.646. The summed E-state index contributed by atoms with van der Waals surface area (Å²) in [6, 6.07) is 6.66. The van der Waals surface area contributed by atoms with Crippen LogP contribution in [0.3, 0.4) is 0 Å². The molecule has 3 amide bonds. The Kier molecular flexibility index (Phi) is 7.17. The third-order valence-corrected chi connectivity index (χ3v) is 5.88. The molecule has 1 aromatic heterocycles. The topological polar surface area (TPSA) is 142 Å². The van der Waals surface area contributed by atoms with Crippen LogP contribution in [0.2, 0.25) is 5.02 Å². The molecule has 4 rings (SSSR count). The highest BCUT2D eigenvalue weighted by molar-refractivity contribution is 6.34. The number of nitrogens with two attached hydrogens (primary N) is 1. The lowest BCUT2D eigenvalue weighted by atomic mass is 10.1. The third kappa shape index (κ3) is 4.99. The molecule has 0 bridgehead atoms. The van der Waals surface area contributed by atoms with Crippen molar-refractivity contribution in [3.63, 3.8) is 0 Å². The second-order valence-electron chi connectivity index (χ2n) is 7.91. The number of anilines is 1. The summed E-state index contributed by atoms with van der Waals surface area (Å²) >= 11 is 6.24. The Morgan fingerprint density at radius 3 is 2.61 bits per heavy atom. The molecule has 0 aliphatic carbocycles. The first-order valence-corrected chi connectivity index (χ1v) is 11.1. The van der Waals surface area contributed by atoms with Crippen LogP contribution in [0.4, 0.5) is 14.5 Å². The maximum absolute atomic E-state index is 14.3. The van der Waals surface area contributed by atoms with Crippen molar-refractivity contribution in [2.24, 2.45) is 5.73 Å². The van der Waals surface area contributed by atoms with Gasteiger partial charge in [-0.3, -0.25) is 14.4 Å². The molecule has 0 atom stereocenters. The Labute approximate surface area is 208 Å². The van der Waals surface area contributed by atoms with Crippen LogP contribution in [-0.2, 0) is 4.79 Å². The van der Waals surface area contributed by atoms with Crippen LogP contribution in [0, 0.1) is 11.6 Å². The number of aromatic nitrogens is 2. The van der Waals surface area contributed by atoms with Crippen LogP contribution in [-0.4, -0.2) is 65.4 Å². The van der Waals surface area contributed by atoms with Crippen molar-refractivity contribution in [1.82, 2.24) is 20.2 Å². The molecule has 2 heterocycles. The van der Waals surface area contributed by atoms with Crippen LogP contribution in [0.25, 0.3) is 11.3 Å². The molecular weight excluding hydrogens is 498 g/mol. The number of hydrogen-bond acceptors (Lipinski definition) is 6. The van der Waals surface area contributed by atoms with Gasteiger partial charge in [-0.05, 0) is 30.3 Å². The van der Waals surface area contributed by atoms with E-state index in [0.717, 1.165) is 0 Å². The van der Waals surface area contributed by atoms with Crippen molar-refractivity contribution in [1.29, 1.82) is 0 Å². The van der Waals surface area contributed by atoms with Gasteiger partial charge in [0.25, 0.3) is 11.8 Å². The quantitative estimate of drug-likeness (QED) is 0.377. The van der Waals surface area contributed by atoms with Crippen LogP contribution in [0.15, 0.2) is 36.5 Å². The Balaban J connectivity index is 1.40. The molecule has 0 saturated carbocycles. The molecular formula is C23H21ClF2N6O4. The number of nitrogens with one attached hydrogen (secondary N) is 3. The second-order valence-corrected chi connectivity index (χ2v) is 8.32. The lowest BCUT2D eigenvalue weighted by Gasteiger charge is -2.39. The zero-order chi connectivity index (χ0) is 26.0. The smallest absolute Gasteiger partial charge is 0.291 e. The fraction of sp³-hybridized carbons (Fsp3) is 0.217. The Bertz CT molecular complexity index is 1340. The monoisotopic (exact) mass is 518 g/mol. The number of amides is 3. The second kappa shape index (κ2) is 10.3. The van der Waals surface area contributed by atoms with Gasteiger partial charge in [0.05, 0.1) is 42.2 Å². The summed E-state index contributed by atoms with van der Waals surface area (Å²) in [5.74, 6) is -3.99. The number of carbonyl (C=O) groups is 3. The molecule has 13 heteroatoms. The number of methoxy groups -OCH3 is 1. The van der Waals surface area contributed by atoms with Gasteiger partial charge in [-0.2, -0.15) is 4.39 Å². The van der Waals surface area contributed by atoms with Crippen molar-refractivity contribution >= 4 is 35.0 Å². The summed E-state index contributed by atoms with van der Waals surface area (Å²) in [5.41, 5.74) is 5.75. The first kappa shape index (κ1) is 25.1. The highest BCUT2D eigenvalue weighted by Gasteiger charge is 2.31. The van der Waals surface area contributed by atoms with E-state index in [4.69, 9.17) is 22.1 Å². The number of ether oxygens (including phenoxy) is 1. The highest BCUT2D eigenvalue weighted by Crippen LogP contribution is 2.29. The van der Waals surface area contributed by atoms with Crippen LogP contribution < -0.4 is 21.1 Å². The van der Waals surface area contributed by atoms with Gasteiger partial charge in [-0.1, -0.05) is 11.6 Å². The summed E-state index contributed by atoms with van der Waals surface area (Å²) in [5, 5.41) is 5.44. The van der Waals surface area contributed by atoms with E-state index in [1.807, 2.05) is 0 Å². The third-order valence-electron chi connectivity index (χ3n) is 5.56. The number of H-pyrrole nitrogens is 1. The molecule has 10 nitrogen and oxygen atoms in total. The van der Waals surface area contributed by atoms with E-state index in [-0.39, 0.29) is 57.6 Å². The maximum atomic E-state index is 14.3. The minimum Gasteiger partial charge on any atom is -0.494 e. The number of nitrogens with zero attached hydrogens (tertiary/aromatic N) is 2. The number of rotatable bonds is 7. The maximum Gasteiger partial charge on any atom is 0.291 e. The van der Waals surface area contributed by atoms with Gasteiger partial charge in [0.2, 0.25) is 11.7 Å². The molecule has 0 spiro atoms. The lowest BCUT2D eigenvalue weighted by molar-refractivity contribution is -0.134. The van der Waals surface area contributed by atoms with Gasteiger partial charge in [-0.25, -0.2) is 9.37 Å². The van der Waals surface area contributed by atoms with E-state index in [0.29, 0.717) is 13.1 Å². The molecule has 36 heavy (non-hydrogen) atoms. The molecule has 188 valence electrons. The first-order valence-electron chi connectivity index (χ1n) is 10.7. The van der Waals surface area contributed by atoms with Gasteiger partial charge in [0.1, 0.15) is 0 Å². The van der Waals surface area contributed by atoms with Gasteiger partial charge < -0.3 is 31.0 Å². The summed E-state index contributed by atoms with van der Waals surface area (Å²) in [6.07, 6.45) is 1.20. The van der Waals surface area contributed by atoms with Crippen molar-refractivity contribution in [2.75, 3.05) is 32.1 Å². The van der Waals surface area contributed by atoms with Gasteiger partial charge in [0, 0.05) is 24.3 Å². The van der Waals surface area contributed by atoms with E-state index in [2.05, 4.69) is 20.6 Å². The minimum atomic E-state index is -1.16. The van der Waals surface area contributed by atoms with E-state index >= 15 is 0 Å². The number of likely N-dealkylation sites (tertiary alicyclic amines) is 1. The van der Waals surface area contributed by atoms with E-state index in [1.54, 1.807) is 0 Å². The largest absolute Gasteiger partial charge is 0.494 e. The number of carbonyl (C=O) groups excluding carboxylic acids is 3. The predicted molar refractivity (Wildman–Crippen MR) is 127 cm³/mol. The van der Waals surface area contributed by atoms with Gasteiger partial charge in [-0.15, -0.1) is 0 Å². The van der Waals surface area contributed by atoms with Crippen molar-refractivity contribution in [3.05, 3.63) is 64.6 Å². The fourth-order valence-corrected chi connectivity index (χ4v) is 3.87. The average Bonchev–Trinajstić information content (AvgIpc) is 3.32. The standard InChI is InChI=1S/C23H21ClF2N6O4/c1-36-17-5-4-14(19(25)20(17)26)16-8-28-21(31-16)23(35)29-11-2-3-13(15(24)6-11)22(34)30-12-9-32(10-12)18(33)7-27/h2-6,8,12H,7,9-10,27H2,1H3,(H,28,31)(H,29,35)(H,30,34). The number of benzene rings is 2. The zero-order valence-electron chi connectivity index (χ0n) is 18.9. The summed E-state index contributed by atoms with van der Waals surface area (Å²) < 4.78 is 33.1. The summed E-state index contributed by atoms with van der Waals surface area (Å²) in [7, 11) is 1.22. The average molecular weight is 519 g/mol. The molecule has 1 saturated heterocycles. The molecule has 1 aliphatic heterocycles. The predicted octanol–water partition coefficient (Wildman–Crippen LogP) is 2.17. The number of aromatic amines is 1. The molecule has 5 N–H and O–H groups in total. The molecule has 1 aliphatic rings. The van der Waals surface area contributed by atoms with E-state index < -0.39 is 23.4 Å². The van der Waals surface area contributed by atoms with Crippen molar-refractivity contribution in [2.45, 2.75) is 6.04 Å². The Hall–Kier alpha value is -4.03. The minimum absolute atomic E-state index is 0.0874. The molecule has 1 fully saturated rings. The van der Waals surface area contributed by atoms with Crippen LogP contribution in [0.1, 0.15) is 21.0 Å².